The predicted octanol–water partition coefficient (Wildman–Crippen LogP) is 4.81. The van der Waals surface area contributed by atoms with Crippen molar-refractivity contribution in [2.45, 2.75) is 52.0 Å². The van der Waals surface area contributed by atoms with Gasteiger partial charge in [-0.3, -0.25) is 0 Å². The van der Waals surface area contributed by atoms with Crippen LogP contribution in [0.5, 0.6) is 0 Å². The molecule has 2 N–H and O–H groups in total. The third kappa shape index (κ3) is 3.91. The van der Waals surface area contributed by atoms with E-state index in [4.69, 9.17) is 12.2 Å². The quantitative estimate of drug-likeness (QED) is 0.793. The molecule has 0 bridgehead atoms. The highest BCUT2D eigenvalue weighted by atomic mass is 32.1. The SMILES string of the molecule is Cc1ccc(NC(=S)Nc2ccnn2C2CCCCC2)c(C)c1. The first-order chi connectivity index (χ1) is 11.1. The minimum Gasteiger partial charge on any atom is -0.332 e. The lowest BCUT2D eigenvalue weighted by molar-refractivity contribution is 0.333. The molecule has 0 radical (unpaired) electrons. The number of nitrogens with zero attached hydrogens (tertiary/aromatic N) is 2. The molecule has 1 fully saturated rings. The van der Waals surface area contributed by atoms with E-state index >= 15 is 0 Å². The molecule has 4 nitrogen and oxygen atoms in total. The van der Waals surface area contributed by atoms with E-state index in [0.29, 0.717) is 11.2 Å². The highest BCUT2D eigenvalue weighted by Gasteiger charge is 2.18. The number of rotatable bonds is 3. The Bertz CT molecular complexity index is 686. The molecule has 0 amide bonds. The van der Waals surface area contributed by atoms with Crippen molar-refractivity contribution in [1.29, 1.82) is 0 Å². The fourth-order valence-electron chi connectivity index (χ4n) is 3.25. The van der Waals surface area contributed by atoms with Gasteiger partial charge in [-0.05, 0) is 50.5 Å². The molecule has 5 heteroatoms. The molecule has 3 rings (SSSR count). The molecule has 0 unspecified atom stereocenters. The molecule has 1 heterocycles. The maximum absolute atomic E-state index is 5.47. The van der Waals surface area contributed by atoms with Gasteiger partial charge in [0.1, 0.15) is 5.82 Å². The van der Waals surface area contributed by atoms with Crippen molar-refractivity contribution in [3.63, 3.8) is 0 Å². The maximum Gasteiger partial charge on any atom is 0.176 e. The van der Waals surface area contributed by atoms with Crippen molar-refractivity contribution in [3.05, 3.63) is 41.6 Å². The van der Waals surface area contributed by atoms with Gasteiger partial charge >= 0.3 is 0 Å². The van der Waals surface area contributed by atoms with E-state index in [9.17, 15) is 0 Å². The molecular formula is C18H24N4S. The van der Waals surface area contributed by atoms with E-state index in [-0.39, 0.29) is 0 Å². The van der Waals surface area contributed by atoms with Crippen LogP contribution in [0.25, 0.3) is 0 Å². The van der Waals surface area contributed by atoms with Gasteiger partial charge in [0.05, 0.1) is 12.2 Å². The number of thiocarbonyl (C=S) groups is 1. The Morgan fingerprint density at radius 1 is 1.13 bits per heavy atom. The van der Waals surface area contributed by atoms with E-state index in [1.807, 2.05) is 12.3 Å². The normalized spacial score (nSPS) is 15.4. The van der Waals surface area contributed by atoms with Crippen LogP contribution in [0, 0.1) is 13.8 Å². The summed E-state index contributed by atoms with van der Waals surface area (Å²) in [7, 11) is 0. The first-order valence-corrected chi connectivity index (χ1v) is 8.73. The first kappa shape index (κ1) is 16.0. The topological polar surface area (TPSA) is 41.9 Å². The van der Waals surface area contributed by atoms with Crippen molar-refractivity contribution < 1.29 is 0 Å². The predicted molar refractivity (Wildman–Crippen MR) is 100 cm³/mol. The number of benzene rings is 1. The summed E-state index contributed by atoms with van der Waals surface area (Å²) in [6.45, 7) is 4.18. The van der Waals surface area contributed by atoms with E-state index in [1.54, 1.807) is 0 Å². The Morgan fingerprint density at radius 3 is 2.65 bits per heavy atom. The third-order valence-electron chi connectivity index (χ3n) is 4.46. The van der Waals surface area contributed by atoms with Crippen molar-refractivity contribution in [2.75, 3.05) is 10.6 Å². The number of aryl methyl sites for hydroxylation is 2. The van der Waals surface area contributed by atoms with Gasteiger partial charge in [0.2, 0.25) is 0 Å². The maximum atomic E-state index is 5.47. The van der Waals surface area contributed by atoms with Crippen LogP contribution < -0.4 is 10.6 Å². The first-order valence-electron chi connectivity index (χ1n) is 8.32. The Morgan fingerprint density at radius 2 is 1.91 bits per heavy atom. The van der Waals surface area contributed by atoms with E-state index in [1.165, 1.54) is 43.2 Å². The molecule has 23 heavy (non-hydrogen) atoms. The monoisotopic (exact) mass is 328 g/mol. The van der Waals surface area contributed by atoms with Crippen molar-refractivity contribution in [1.82, 2.24) is 9.78 Å². The molecule has 0 spiro atoms. The zero-order valence-corrected chi connectivity index (χ0v) is 14.6. The molecule has 0 atom stereocenters. The van der Waals surface area contributed by atoms with Crippen molar-refractivity contribution in [2.24, 2.45) is 0 Å². The van der Waals surface area contributed by atoms with Gasteiger partial charge in [-0.25, -0.2) is 4.68 Å². The summed E-state index contributed by atoms with van der Waals surface area (Å²) < 4.78 is 2.09. The molecule has 1 aromatic heterocycles. The molecule has 0 saturated heterocycles. The lowest BCUT2D eigenvalue weighted by atomic mass is 9.96. The minimum absolute atomic E-state index is 0.491. The molecule has 122 valence electrons. The van der Waals surface area contributed by atoms with Crippen LogP contribution in [0.15, 0.2) is 30.5 Å². The molecule has 2 aromatic rings. The Hall–Kier alpha value is -1.88. The Labute approximate surface area is 143 Å². The Balaban J connectivity index is 1.67. The standard InChI is InChI=1S/C18H24N4S/c1-13-8-9-16(14(2)12-13)20-18(23)21-17-10-11-19-22(17)15-6-4-3-5-7-15/h8-12,15H,3-7H2,1-2H3,(H2,20,21,23). The van der Waals surface area contributed by atoms with Crippen LogP contribution in [0.1, 0.15) is 49.3 Å². The van der Waals surface area contributed by atoms with Gasteiger partial charge in [0.25, 0.3) is 0 Å². The summed E-state index contributed by atoms with van der Waals surface area (Å²) >= 11 is 5.47. The number of nitrogens with one attached hydrogen (secondary N) is 2. The summed E-state index contributed by atoms with van der Waals surface area (Å²) in [5.41, 5.74) is 3.48. The molecule has 1 aliphatic carbocycles. The second kappa shape index (κ2) is 7.13. The summed E-state index contributed by atoms with van der Waals surface area (Å²) in [5.74, 6) is 0.971. The van der Waals surface area contributed by atoms with Crippen LogP contribution in [-0.2, 0) is 0 Å². The number of aromatic nitrogens is 2. The third-order valence-corrected chi connectivity index (χ3v) is 4.67. The van der Waals surface area contributed by atoms with Crippen LogP contribution in [-0.4, -0.2) is 14.9 Å². The van der Waals surface area contributed by atoms with Gasteiger partial charge in [-0.1, -0.05) is 37.0 Å². The van der Waals surface area contributed by atoms with Crippen LogP contribution in [0.2, 0.25) is 0 Å². The van der Waals surface area contributed by atoms with Crippen LogP contribution in [0.3, 0.4) is 0 Å². The van der Waals surface area contributed by atoms with E-state index in [2.05, 4.69) is 52.5 Å². The fourth-order valence-corrected chi connectivity index (χ4v) is 3.47. The van der Waals surface area contributed by atoms with Gasteiger partial charge in [-0.15, -0.1) is 0 Å². The molecule has 0 aliphatic heterocycles. The zero-order chi connectivity index (χ0) is 16.2. The number of hydrogen-bond donors (Lipinski definition) is 2. The number of anilines is 2. The lowest BCUT2D eigenvalue weighted by Crippen LogP contribution is -2.23. The zero-order valence-electron chi connectivity index (χ0n) is 13.8. The lowest BCUT2D eigenvalue weighted by Gasteiger charge is -2.24. The fraction of sp³-hybridized carbons (Fsp3) is 0.444. The summed E-state index contributed by atoms with van der Waals surface area (Å²) in [6, 6.07) is 8.79. The van der Waals surface area contributed by atoms with Gasteiger partial charge in [-0.2, -0.15) is 5.10 Å². The largest absolute Gasteiger partial charge is 0.332 e. The molecule has 1 aliphatic rings. The number of hydrogen-bond acceptors (Lipinski definition) is 2. The van der Waals surface area contributed by atoms with Crippen molar-refractivity contribution in [3.8, 4) is 0 Å². The minimum atomic E-state index is 0.491. The summed E-state index contributed by atoms with van der Waals surface area (Å²) in [6.07, 6.45) is 8.16. The summed E-state index contributed by atoms with van der Waals surface area (Å²) in [5, 5.41) is 11.7. The molecular weight excluding hydrogens is 304 g/mol. The average molecular weight is 328 g/mol. The van der Waals surface area contributed by atoms with Crippen molar-refractivity contribution >= 4 is 28.8 Å². The second-order valence-corrected chi connectivity index (χ2v) is 6.76. The van der Waals surface area contributed by atoms with Crippen LogP contribution in [0.4, 0.5) is 11.5 Å². The highest BCUT2D eigenvalue weighted by molar-refractivity contribution is 7.80. The highest BCUT2D eigenvalue weighted by Crippen LogP contribution is 2.30. The van der Waals surface area contributed by atoms with Gasteiger partial charge < -0.3 is 10.6 Å². The molecule has 1 aromatic carbocycles. The van der Waals surface area contributed by atoms with Gasteiger partial charge in [0, 0.05) is 11.8 Å². The second-order valence-electron chi connectivity index (χ2n) is 6.35. The molecule has 1 saturated carbocycles. The van der Waals surface area contributed by atoms with E-state index in [0.717, 1.165) is 11.5 Å². The smallest absolute Gasteiger partial charge is 0.176 e. The van der Waals surface area contributed by atoms with Crippen LogP contribution >= 0.6 is 12.2 Å². The van der Waals surface area contributed by atoms with E-state index < -0.39 is 0 Å². The average Bonchev–Trinajstić information content (AvgIpc) is 2.99. The van der Waals surface area contributed by atoms with Gasteiger partial charge in [0.15, 0.2) is 5.11 Å². The summed E-state index contributed by atoms with van der Waals surface area (Å²) in [4.78, 5) is 0. The Kier molecular flexibility index (Phi) is 4.96.